The number of methoxy groups -OCH3 is 1. The van der Waals surface area contributed by atoms with Crippen molar-refractivity contribution in [2.24, 2.45) is 0 Å². The van der Waals surface area contributed by atoms with Crippen molar-refractivity contribution >= 4 is 62.9 Å². The number of hydrogen-bond acceptors (Lipinski definition) is 7. The van der Waals surface area contributed by atoms with Crippen LogP contribution in [0.15, 0.2) is 40.5 Å². The van der Waals surface area contributed by atoms with E-state index in [4.69, 9.17) is 9.29 Å². The molecule has 0 radical (unpaired) electrons. The van der Waals surface area contributed by atoms with Gasteiger partial charge in [-0.2, -0.15) is 8.42 Å². The third-order valence-electron chi connectivity index (χ3n) is 3.03. The summed E-state index contributed by atoms with van der Waals surface area (Å²) in [6.45, 7) is 0.259. The molecule has 0 unspecified atom stereocenters. The fourth-order valence-electron chi connectivity index (χ4n) is 2.21. The van der Waals surface area contributed by atoms with E-state index in [0.29, 0.717) is 11.4 Å². The van der Waals surface area contributed by atoms with Gasteiger partial charge in [0.05, 0.1) is 5.69 Å². The molecule has 1 N–H and O–H groups in total. The zero-order chi connectivity index (χ0) is 15.7. The van der Waals surface area contributed by atoms with Crippen molar-refractivity contribution in [2.75, 3.05) is 18.7 Å². The second-order valence-corrected chi connectivity index (χ2v) is 7.14. The van der Waals surface area contributed by atoms with E-state index in [1.54, 1.807) is 37.7 Å². The summed E-state index contributed by atoms with van der Waals surface area (Å²) < 4.78 is 36.4. The number of ether oxygens (including phenoxy) is 1. The van der Waals surface area contributed by atoms with Gasteiger partial charge in [-0.1, -0.05) is 17.8 Å². The molecule has 0 saturated heterocycles. The van der Waals surface area contributed by atoms with E-state index in [1.807, 2.05) is 4.90 Å². The minimum absolute atomic E-state index is 0. The van der Waals surface area contributed by atoms with E-state index in [1.165, 1.54) is 11.8 Å². The molecule has 23 heavy (non-hydrogen) atoms. The molecule has 2 heterocycles. The van der Waals surface area contributed by atoms with Crippen molar-refractivity contribution in [1.29, 1.82) is 0 Å². The zero-order valence-electron chi connectivity index (χ0n) is 11.6. The molecule has 2 aromatic rings. The first-order valence-corrected chi connectivity index (χ1v) is 8.74. The molecule has 0 spiro atoms. The molecule has 0 saturated carbocycles. The van der Waals surface area contributed by atoms with Crippen LogP contribution in [0.2, 0.25) is 0 Å². The molecule has 1 aromatic carbocycles. The monoisotopic (exact) mass is 363 g/mol. The topological polar surface area (TPSA) is 92.6 Å². The fraction of sp³-hybridized carbons (Fsp3) is 0.231. The summed E-state index contributed by atoms with van der Waals surface area (Å²) >= 11 is 1.46. The van der Waals surface area contributed by atoms with Gasteiger partial charge >= 0.3 is 29.6 Å². The van der Waals surface area contributed by atoms with Crippen LogP contribution in [0.5, 0.6) is 0 Å². The Morgan fingerprint density at radius 2 is 2.04 bits per heavy atom. The number of fused-ring (bicyclic) bond motifs is 2. The van der Waals surface area contributed by atoms with Gasteiger partial charge in [0.2, 0.25) is 0 Å². The van der Waals surface area contributed by atoms with Gasteiger partial charge in [0, 0.05) is 24.4 Å². The molecule has 0 fully saturated rings. The van der Waals surface area contributed by atoms with Gasteiger partial charge in [-0.05, 0) is 17.7 Å². The van der Waals surface area contributed by atoms with Gasteiger partial charge in [-0.15, -0.1) is 0 Å². The molecule has 1 aromatic heterocycles. The Balaban J connectivity index is 0.00000192. The summed E-state index contributed by atoms with van der Waals surface area (Å²) in [5.41, 5.74) is 1.27. The Bertz CT molecular complexity index is 817. The molecule has 0 atom stereocenters. The molecular weight excluding hydrogens is 349 g/mol. The van der Waals surface area contributed by atoms with Crippen LogP contribution < -0.4 is 4.90 Å². The molecule has 1 aliphatic rings. The molecule has 10 heteroatoms. The second kappa shape index (κ2) is 7.47. The molecule has 118 valence electrons. The summed E-state index contributed by atoms with van der Waals surface area (Å²) in [7, 11) is -2.51. The van der Waals surface area contributed by atoms with Crippen LogP contribution in [0.1, 0.15) is 5.56 Å². The van der Waals surface area contributed by atoms with Crippen molar-refractivity contribution in [2.45, 2.75) is 15.7 Å². The van der Waals surface area contributed by atoms with E-state index >= 15 is 0 Å². The van der Waals surface area contributed by atoms with Gasteiger partial charge in [0.1, 0.15) is 17.5 Å². The van der Waals surface area contributed by atoms with Gasteiger partial charge < -0.3 is 4.74 Å². The van der Waals surface area contributed by atoms with E-state index in [-0.39, 0.29) is 36.3 Å². The summed E-state index contributed by atoms with van der Waals surface area (Å²) in [6, 6.07) is 5.19. The number of anilines is 2. The Labute approximate surface area is 160 Å². The maximum atomic E-state index is 11.1. The van der Waals surface area contributed by atoms with Crippen LogP contribution in [-0.4, -0.2) is 66.3 Å². The number of nitrogens with zero attached hydrogens (tertiary/aromatic N) is 3. The summed E-state index contributed by atoms with van der Waals surface area (Å²) in [4.78, 5) is 11.4. The summed E-state index contributed by atoms with van der Waals surface area (Å²) in [6.07, 6.45) is 3.21. The van der Waals surface area contributed by atoms with Crippen LogP contribution in [-0.2, 0) is 20.6 Å². The van der Waals surface area contributed by atoms with Gasteiger partial charge in [0.25, 0.3) is 10.1 Å². The summed E-state index contributed by atoms with van der Waals surface area (Å²) in [5, 5.41) is 0.759. The average Bonchev–Trinajstić information content (AvgIpc) is 2.46. The summed E-state index contributed by atoms with van der Waals surface area (Å²) in [5.74, 6) is 0.227. The first-order chi connectivity index (χ1) is 10.5. The first kappa shape index (κ1) is 18.7. The SMILES string of the molecule is COCN1c2cc(CS(=O)(=O)O)ccc2Sc2nccnc21.[NaH]. The van der Waals surface area contributed by atoms with E-state index in [0.717, 1.165) is 15.6 Å². The van der Waals surface area contributed by atoms with Crippen molar-refractivity contribution in [3.05, 3.63) is 36.2 Å². The van der Waals surface area contributed by atoms with Gasteiger partial charge in [-0.25, -0.2) is 9.97 Å². The second-order valence-electron chi connectivity index (χ2n) is 4.66. The van der Waals surface area contributed by atoms with E-state index in [9.17, 15) is 8.42 Å². The maximum absolute atomic E-state index is 11.1. The predicted molar refractivity (Wildman–Crippen MR) is 89.0 cm³/mol. The van der Waals surface area contributed by atoms with Gasteiger partial charge in [0.15, 0.2) is 5.82 Å². The zero-order valence-corrected chi connectivity index (χ0v) is 13.3. The minimum atomic E-state index is -4.08. The number of hydrogen-bond donors (Lipinski definition) is 1. The van der Waals surface area contributed by atoms with Crippen molar-refractivity contribution in [3.63, 3.8) is 0 Å². The Kier molecular flexibility index (Phi) is 6.06. The fourth-order valence-corrected chi connectivity index (χ4v) is 3.80. The Morgan fingerprint density at radius 1 is 1.30 bits per heavy atom. The van der Waals surface area contributed by atoms with Crippen LogP contribution >= 0.6 is 11.8 Å². The quantitative estimate of drug-likeness (QED) is 0.644. The third-order valence-corrected chi connectivity index (χ3v) is 4.77. The Morgan fingerprint density at radius 3 is 2.74 bits per heavy atom. The van der Waals surface area contributed by atoms with Crippen molar-refractivity contribution < 1.29 is 17.7 Å². The van der Waals surface area contributed by atoms with Crippen LogP contribution in [0, 0.1) is 0 Å². The Hall–Kier alpha value is -0.680. The van der Waals surface area contributed by atoms with E-state index in [2.05, 4.69) is 9.97 Å². The van der Waals surface area contributed by atoms with Crippen LogP contribution in [0.25, 0.3) is 0 Å². The third kappa shape index (κ3) is 4.24. The number of aromatic nitrogens is 2. The standard InChI is InChI=1S/C13H13N3O4S2.Na.H/c1-20-8-16-10-6-9(7-22(17,18)19)2-3-11(10)21-13-12(16)14-4-5-15-13;;/h2-6H,7-8H2,1H3,(H,17,18,19);;. The molecular formula is C13H14N3NaO4S2. The predicted octanol–water partition coefficient (Wildman–Crippen LogP) is 1.42. The first-order valence-electron chi connectivity index (χ1n) is 6.31. The molecule has 1 aliphatic heterocycles. The molecule has 0 aliphatic carbocycles. The molecule has 0 bridgehead atoms. The van der Waals surface area contributed by atoms with Crippen LogP contribution in [0.3, 0.4) is 0 Å². The molecule has 3 rings (SSSR count). The molecule has 0 amide bonds. The van der Waals surface area contributed by atoms with E-state index < -0.39 is 15.9 Å². The van der Waals surface area contributed by atoms with Crippen LogP contribution in [0.4, 0.5) is 11.5 Å². The van der Waals surface area contributed by atoms with Crippen molar-refractivity contribution in [3.8, 4) is 0 Å². The number of rotatable bonds is 4. The van der Waals surface area contributed by atoms with Crippen molar-refractivity contribution in [1.82, 2.24) is 9.97 Å². The normalized spacial score (nSPS) is 13.0. The number of benzene rings is 1. The average molecular weight is 363 g/mol. The van der Waals surface area contributed by atoms with Gasteiger partial charge in [-0.3, -0.25) is 9.45 Å². The molecule has 7 nitrogen and oxygen atoms in total.